The Bertz CT molecular complexity index is 1130. The first-order chi connectivity index (χ1) is 15.1. The fourth-order valence-electron chi connectivity index (χ4n) is 4.04. The fourth-order valence-corrected chi connectivity index (χ4v) is 4.04. The number of aromatic nitrogens is 3. The lowest BCUT2D eigenvalue weighted by atomic mass is 10.1. The van der Waals surface area contributed by atoms with E-state index in [4.69, 9.17) is 0 Å². The minimum atomic E-state index is -4.53. The Morgan fingerprint density at radius 2 is 1.72 bits per heavy atom. The van der Waals surface area contributed by atoms with E-state index >= 15 is 0 Å². The van der Waals surface area contributed by atoms with Crippen molar-refractivity contribution in [2.45, 2.75) is 33.1 Å². The van der Waals surface area contributed by atoms with Gasteiger partial charge in [0.05, 0.1) is 16.6 Å². The average molecular weight is 449 g/mol. The summed E-state index contributed by atoms with van der Waals surface area (Å²) in [7, 11) is 0. The van der Waals surface area contributed by atoms with E-state index in [-0.39, 0.29) is 40.7 Å². The number of amides is 1. The van der Waals surface area contributed by atoms with Gasteiger partial charge in [0.1, 0.15) is 12.4 Å². The maximum atomic E-state index is 13.5. The van der Waals surface area contributed by atoms with Gasteiger partial charge in [-0.15, -0.1) is 0 Å². The topological polar surface area (TPSA) is 54.3 Å². The summed E-state index contributed by atoms with van der Waals surface area (Å²) in [6.07, 6.45) is -4.53. The first-order valence-corrected chi connectivity index (χ1v) is 10.3. The zero-order chi connectivity index (χ0) is 23.0. The molecule has 2 aromatic heterocycles. The zero-order valence-electron chi connectivity index (χ0n) is 17.8. The molecule has 1 aliphatic heterocycles. The lowest BCUT2D eigenvalue weighted by molar-refractivity contribution is -0.136. The molecule has 0 unspecified atom stereocenters. The van der Waals surface area contributed by atoms with Gasteiger partial charge in [-0.3, -0.25) is 9.69 Å². The van der Waals surface area contributed by atoms with Crippen molar-refractivity contribution < 1.29 is 22.4 Å². The Labute approximate surface area is 182 Å². The van der Waals surface area contributed by atoms with Crippen molar-refractivity contribution in [3.05, 3.63) is 58.7 Å². The minimum absolute atomic E-state index is 0.0677. The third kappa shape index (κ3) is 4.59. The molecule has 0 spiro atoms. The number of pyridine rings is 1. The number of aryl methyl sites for hydroxylation is 2. The number of hydrogen-bond donors (Lipinski definition) is 0. The molecule has 0 aliphatic carbocycles. The highest BCUT2D eigenvalue weighted by Gasteiger charge is 2.35. The van der Waals surface area contributed by atoms with E-state index in [1.54, 1.807) is 17.0 Å². The van der Waals surface area contributed by atoms with Gasteiger partial charge in [0.15, 0.2) is 5.65 Å². The first-order valence-electron chi connectivity index (χ1n) is 10.3. The van der Waals surface area contributed by atoms with E-state index in [1.807, 2.05) is 0 Å². The normalized spacial score (nSPS) is 15.5. The van der Waals surface area contributed by atoms with Crippen LogP contribution in [0.5, 0.6) is 0 Å². The number of rotatable bonds is 4. The summed E-state index contributed by atoms with van der Waals surface area (Å²) in [5, 5.41) is 4.11. The van der Waals surface area contributed by atoms with Crippen molar-refractivity contribution in [1.82, 2.24) is 24.6 Å². The first kappa shape index (κ1) is 22.2. The van der Waals surface area contributed by atoms with Gasteiger partial charge in [0.25, 0.3) is 0 Å². The van der Waals surface area contributed by atoms with Crippen LogP contribution in [0.15, 0.2) is 30.3 Å². The maximum absolute atomic E-state index is 13.5. The Kier molecular flexibility index (Phi) is 5.89. The van der Waals surface area contributed by atoms with Crippen molar-refractivity contribution in [1.29, 1.82) is 0 Å². The van der Waals surface area contributed by atoms with E-state index in [2.05, 4.69) is 15.0 Å². The summed E-state index contributed by atoms with van der Waals surface area (Å²) in [5.74, 6) is -0.495. The minimum Gasteiger partial charge on any atom is -0.339 e. The van der Waals surface area contributed by atoms with E-state index in [1.165, 1.54) is 30.7 Å². The van der Waals surface area contributed by atoms with Crippen LogP contribution in [0.4, 0.5) is 17.6 Å². The van der Waals surface area contributed by atoms with Gasteiger partial charge in [-0.25, -0.2) is 14.1 Å². The van der Waals surface area contributed by atoms with Crippen molar-refractivity contribution >= 4 is 16.9 Å². The molecule has 32 heavy (non-hydrogen) atoms. The van der Waals surface area contributed by atoms with Gasteiger partial charge < -0.3 is 4.90 Å². The molecule has 1 amide bonds. The number of fused-ring (bicyclic) bond motifs is 1. The SMILES string of the molecule is Cc1cc(C(F)(F)F)c2c(C)nn(CC(=O)N3CCN(Cc4ccc(F)cc4)CC3)c2n1. The number of carbonyl (C=O) groups excluding carboxylic acids is 1. The van der Waals surface area contributed by atoms with Crippen LogP contribution < -0.4 is 0 Å². The van der Waals surface area contributed by atoms with Crippen molar-refractivity contribution in [3.8, 4) is 0 Å². The molecule has 0 radical (unpaired) electrons. The monoisotopic (exact) mass is 449 g/mol. The summed E-state index contributed by atoms with van der Waals surface area (Å²) < 4.78 is 54.8. The van der Waals surface area contributed by atoms with Crippen LogP contribution in [0.1, 0.15) is 22.5 Å². The molecular formula is C22H23F4N5O. The number of alkyl halides is 3. The molecule has 4 rings (SSSR count). The van der Waals surface area contributed by atoms with Crippen molar-refractivity contribution in [2.75, 3.05) is 26.2 Å². The Hall–Kier alpha value is -3.01. The van der Waals surface area contributed by atoms with E-state index < -0.39 is 11.7 Å². The summed E-state index contributed by atoms with van der Waals surface area (Å²) >= 11 is 0. The molecule has 1 saturated heterocycles. The lowest BCUT2D eigenvalue weighted by Crippen LogP contribution is -2.49. The molecule has 1 fully saturated rings. The molecular weight excluding hydrogens is 426 g/mol. The number of hydrogen-bond acceptors (Lipinski definition) is 4. The standard InChI is InChI=1S/C22H23F4N5O/c1-14-11-18(22(24,25)26)20-15(2)28-31(21(20)27-14)13-19(32)30-9-7-29(8-10-30)12-16-3-5-17(23)6-4-16/h3-6,11H,7-10,12-13H2,1-2H3. The molecule has 3 heterocycles. The summed E-state index contributed by atoms with van der Waals surface area (Å²) in [5.41, 5.74) is 0.680. The molecule has 10 heteroatoms. The molecule has 0 atom stereocenters. The van der Waals surface area contributed by atoms with Crippen molar-refractivity contribution in [2.24, 2.45) is 0 Å². The Balaban J connectivity index is 1.45. The highest BCUT2D eigenvalue weighted by atomic mass is 19.4. The smallest absolute Gasteiger partial charge is 0.339 e. The molecule has 1 aliphatic rings. The summed E-state index contributed by atoms with van der Waals surface area (Å²) in [6.45, 7) is 5.77. The van der Waals surface area contributed by atoms with Gasteiger partial charge in [0, 0.05) is 38.4 Å². The van der Waals surface area contributed by atoms with Crippen molar-refractivity contribution in [3.63, 3.8) is 0 Å². The third-order valence-electron chi connectivity index (χ3n) is 5.64. The highest BCUT2D eigenvalue weighted by Crippen LogP contribution is 2.36. The number of piperazine rings is 1. The molecule has 0 saturated carbocycles. The number of benzene rings is 1. The van der Waals surface area contributed by atoms with Crippen LogP contribution >= 0.6 is 0 Å². The van der Waals surface area contributed by atoms with Gasteiger partial charge in [-0.1, -0.05) is 12.1 Å². The van der Waals surface area contributed by atoms with E-state index in [0.717, 1.165) is 11.6 Å². The number of halogens is 4. The van der Waals surface area contributed by atoms with Crippen LogP contribution in [-0.2, 0) is 24.1 Å². The van der Waals surface area contributed by atoms with Crippen LogP contribution in [-0.4, -0.2) is 56.7 Å². The maximum Gasteiger partial charge on any atom is 0.417 e. The largest absolute Gasteiger partial charge is 0.417 e. The van der Waals surface area contributed by atoms with Gasteiger partial charge >= 0.3 is 6.18 Å². The predicted octanol–water partition coefficient (Wildman–Crippen LogP) is 3.55. The number of carbonyl (C=O) groups is 1. The quantitative estimate of drug-likeness (QED) is 0.572. The molecule has 0 bridgehead atoms. The molecule has 6 nitrogen and oxygen atoms in total. The number of nitrogens with zero attached hydrogens (tertiary/aromatic N) is 5. The van der Waals surface area contributed by atoms with Gasteiger partial charge in [0.2, 0.25) is 5.91 Å². The van der Waals surface area contributed by atoms with Crippen LogP contribution in [0.2, 0.25) is 0 Å². The molecule has 170 valence electrons. The van der Waals surface area contributed by atoms with Crippen LogP contribution in [0, 0.1) is 19.7 Å². The van der Waals surface area contributed by atoms with Gasteiger partial charge in [-0.05, 0) is 37.6 Å². The van der Waals surface area contributed by atoms with Crippen LogP contribution in [0.3, 0.4) is 0 Å². The van der Waals surface area contributed by atoms with Crippen LogP contribution in [0.25, 0.3) is 11.0 Å². The zero-order valence-corrected chi connectivity index (χ0v) is 17.8. The molecule has 1 aromatic carbocycles. The predicted molar refractivity (Wildman–Crippen MR) is 110 cm³/mol. The van der Waals surface area contributed by atoms with E-state index in [0.29, 0.717) is 32.7 Å². The second-order valence-corrected chi connectivity index (χ2v) is 8.03. The summed E-state index contributed by atoms with van der Waals surface area (Å²) in [4.78, 5) is 20.9. The Morgan fingerprint density at radius 3 is 2.34 bits per heavy atom. The van der Waals surface area contributed by atoms with Gasteiger partial charge in [-0.2, -0.15) is 18.3 Å². The lowest BCUT2D eigenvalue weighted by Gasteiger charge is -2.34. The van der Waals surface area contributed by atoms with E-state index in [9.17, 15) is 22.4 Å². The fraction of sp³-hybridized carbons (Fsp3) is 0.409. The average Bonchev–Trinajstić information content (AvgIpc) is 3.04. The third-order valence-corrected chi connectivity index (χ3v) is 5.64. The summed E-state index contributed by atoms with van der Waals surface area (Å²) in [6, 6.07) is 7.32. The highest BCUT2D eigenvalue weighted by molar-refractivity contribution is 5.85. The molecule has 0 N–H and O–H groups in total. The molecule has 3 aromatic rings. The second kappa shape index (κ2) is 8.50. The second-order valence-electron chi connectivity index (χ2n) is 8.03. The Morgan fingerprint density at radius 1 is 1.06 bits per heavy atom.